The predicted molar refractivity (Wildman–Crippen MR) is 85.0 cm³/mol. The van der Waals surface area contributed by atoms with Gasteiger partial charge in [-0.1, -0.05) is 6.07 Å². The lowest BCUT2D eigenvalue weighted by atomic mass is 10.1. The molecule has 0 spiro atoms. The van der Waals surface area contributed by atoms with E-state index < -0.39 is 5.82 Å². The number of halogens is 1. The van der Waals surface area contributed by atoms with Crippen LogP contribution in [0.3, 0.4) is 0 Å². The normalized spacial score (nSPS) is 10.3. The van der Waals surface area contributed by atoms with E-state index in [9.17, 15) is 9.18 Å². The van der Waals surface area contributed by atoms with Crippen molar-refractivity contribution in [2.75, 3.05) is 0 Å². The summed E-state index contributed by atoms with van der Waals surface area (Å²) in [5.41, 5.74) is 2.98. The number of carbonyl (C=O) groups is 1. The van der Waals surface area contributed by atoms with Gasteiger partial charge in [-0.05, 0) is 48.0 Å². The third-order valence-corrected chi connectivity index (χ3v) is 3.34. The Morgan fingerprint density at radius 3 is 2.65 bits per heavy atom. The zero-order valence-corrected chi connectivity index (χ0v) is 12.2. The molecule has 1 aromatic carbocycles. The van der Waals surface area contributed by atoms with Crippen molar-refractivity contribution in [2.24, 2.45) is 0 Å². The molecule has 0 aliphatic rings. The van der Waals surface area contributed by atoms with Gasteiger partial charge in [0.25, 0.3) is 5.91 Å². The first-order chi connectivity index (χ1) is 11.2. The van der Waals surface area contributed by atoms with E-state index in [4.69, 9.17) is 0 Å². The number of carbonyl (C=O) groups excluding carboxylic acids is 1. The number of nitrogens with zero attached hydrogens (tertiary/aromatic N) is 2. The maximum Gasteiger partial charge on any atom is 0.251 e. The second kappa shape index (κ2) is 6.79. The molecule has 0 radical (unpaired) electrons. The standard InChI is InChI=1S/C18H14FN3O/c19-16-3-1-2-15(11-16)18(23)22-12-13-4-9-21-17(10-13)14-5-7-20-8-6-14/h1-11H,12H2,(H,22,23). The molecule has 2 aromatic heterocycles. The molecule has 23 heavy (non-hydrogen) atoms. The number of pyridine rings is 2. The summed E-state index contributed by atoms with van der Waals surface area (Å²) in [6.07, 6.45) is 5.10. The van der Waals surface area contributed by atoms with Gasteiger partial charge in [-0.2, -0.15) is 0 Å². The molecule has 114 valence electrons. The van der Waals surface area contributed by atoms with Crippen molar-refractivity contribution >= 4 is 5.91 Å². The Hall–Kier alpha value is -3.08. The molecular weight excluding hydrogens is 293 g/mol. The van der Waals surface area contributed by atoms with E-state index in [0.29, 0.717) is 12.1 Å². The first kappa shape index (κ1) is 14.8. The summed E-state index contributed by atoms with van der Waals surface area (Å²) in [5.74, 6) is -0.742. The number of benzene rings is 1. The number of aromatic nitrogens is 2. The van der Waals surface area contributed by atoms with E-state index >= 15 is 0 Å². The Morgan fingerprint density at radius 2 is 1.87 bits per heavy atom. The van der Waals surface area contributed by atoms with Gasteiger partial charge < -0.3 is 5.32 Å². The highest BCUT2D eigenvalue weighted by Gasteiger charge is 2.07. The molecule has 0 bridgehead atoms. The Bertz CT molecular complexity index is 821. The summed E-state index contributed by atoms with van der Waals surface area (Å²) in [7, 11) is 0. The minimum Gasteiger partial charge on any atom is -0.348 e. The molecule has 0 fully saturated rings. The molecule has 1 amide bonds. The molecule has 3 rings (SSSR count). The van der Waals surface area contributed by atoms with Gasteiger partial charge in [-0.15, -0.1) is 0 Å². The minimum atomic E-state index is -0.429. The van der Waals surface area contributed by atoms with E-state index in [2.05, 4.69) is 15.3 Å². The summed E-state index contributed by atoms with van der Waals surface area (Å²) in [6.45, 7) is 0.343. The van der Waals surface area contributed by atoms with E-state index in [1.807, 2.05) is 24.3 Å². The summed E-state index contributed by atoms with van der Waals surface area (Å²) in [5, 5.41) is 2.78. The maximum atomic E-state index is 13.1. The predicted octanol–water partition coefficient (Wildman–Crippen LogP) is 3.21. The molecule has 0 unspecified atom stereocenters. The number of nitrogens with one attached hydrogen (secondary N) is 1. The SMILES string of the molecule is O=C(NCc1ccnc(-c2ccncc2)c1)c1cccc(F)c1. The highest BCUT2D eigenvalue weighted by Crippen LogP contribution is 2.16. The summed E-state index contributed by atoms with van der Waals surface area (Å²) < 4.78 is 13.1. The molecular formula is C18H14FN3O. The second-order valence-electron chi connectivity index (χ2n) is 4.98. The van der Waals surface area contributed by atoms with Crippen molar-refractivity contribution in [1.29, 1.82) is 0 Å². The lowest BCUT2D eigenvalue weighted by Crippen LogP contribution is -2.22. The van der Waals surface area contributed by atoms with Crippen LogP contribution in [-0.2, 0) is 6.54 Å². The van der Waals surface area contributed by atoms with E-state index in [-0.39, 0.29) is 5.91 Å². The fourth-order valence-electron chi connectivity index (χ4n) is 2.18. The van der Waals surface area contributed by atoms with Gasteiger partial charge in [0.15, 0.2) is 0 Å². The average Bonchev–Trinajstić information content (AvgIpc) is 2.61. The van der Waals surface area contributed by atoms with Gasteiger partial charge in [-0.25, -0.2) is 4.39 Å². The van der Waals surface area contributed by atoms with Gasteiger partial charge >= 0.3 is 0 Å². The van der Waals surface area contributed by atoms with E-state index in [1.165, 1.54) is 18.2 Å². The van der Waals surface area contributed by atoms with E-state index in [0.717, 1.165) is 16.8 Å². The molecule has 4 nitrogen and oxygen atoms in total. The van der Waals surface area contributed by atoms with Crippen LogP contribution in [0.5, 0.6) is 0 Å². The largest absolute Gasteiger partial charge is 0.348 e. The molecule has 5 heteroatoms. The summed E-state index contributed by atoms with van der Waals surface area (Å²) in [6, 6.07) is 13.1. The first-order valence-electron chi connectivity index (χ1n) is 7.11. The number of hydrogen-bond donors (Lipinski definition) is 1. The Balaban J connectivity index is 1.70. The highest BCUT2D eigenvalue weighted by molar-refractivity contribution is 5.94. The Labute approximate surface area is 133 Å². The fraction of sp³-hybridized carbons (Fsp3) is 0.0556. The molecule has 0 atom stereocenters. The lowest BCUT2D eigenvalue weighted by Gasteiger charge is -2.07. The molecule has 2 heterocycles. The van der Waals surface area contributed by atoms with Gasteiger partial charge in [-0.3, -0.25) is 14.8 Å². The van der Waals surface area contributed by atoms with Crippen molar-refractivity contribution in [2.45, 2.75) is 6.54 Å². The van der Waals surface area contributed by atoms with Crippen molar-refractivity contribution in [3.8, 4) is 11.3 Å². The summed E-state index contributed by atoms with van der Waals surface area (Å²) >= 11 is 0. The molecule has 0 aliphatic carbocycles. The van der Waals surface area contributed by atoms with Crippen molar-refractivity contribution in [3.63, 3.8) is 0 Å². The lowest BCUT2D eigenvalue weighted by molar-refractivity contribution is 0.0950. The third kappa shape index (κ3) is 3.77. The fourth-order valence-corrected chi connectivity index (χ4v) is 2.18. The van der Waals surface area contributed by atoms with Gasteiger partial charge in [0, 0.05) is 36.3 Å². The smallest absolute Gasteiger partial charge is 0.251 e. The van der Waals surface area contributed by atoms with Crippen LogP contribution >= 0.6 is 0 Å². The van der Waals surface area contributed by atoms with Crippen molar-refractivity contribution in [1.82, 2.24) is 15.3 Å². The minimum absolute atomic E-state index is 0.299. The number of amides is 1. The van der Waals surface area contributed by atoms with E-state index in [1.54, 1.807) is 24.7 Å². The van der Waals surface area contributed by atoms with Crippen LogP contribution in [0.1, 0.15) is 15.9 Å². The maximum absolute atomic E-state index is 13.1. The van der Waals surface area contributed by atoms with Crippen LogP contribution in [0.25, 0.3) is 11.3 Å². The molecule has 0 aliphatic heterocycles. The van der Waals surface area contributed by atoms with Crippen molar-refractivity contribution in [3.05, 3.63) is 84.1 Å². The van der Waals surface area contributed by atoms with Crippen LogP contribution in [0, 0.1) is 5.82 Å². The molecule has 0 saturated carbocycles. The zero-order chi connectivity index (χ0) is 16.1. The van der Waals surface area contributed by atoms with Gasteiger partial charge in [0.1, 0.15) is 5.82 Å². The highest BCUT2D eigenvalue weighted by atomic mass is 19.1. The number of rotatable bonds is 4. The molecule has 1 N–H and O–H groups in total. The molecule has 0 saturated heterocycles. The molecule has 3 aromatic rings. The first-order valence-corrected chi connectivity index (χ1v) is 7.11. The Morgan fingerprint density at radius 1 is 1.04 bits per heavy atom. The monoisotopic (exact) mass is 307 g/mol. The van der Waals surface area contributed by atoms with Crippen LogP contribution in [0.4, 0.5) is 4.39 Å². The number of hydrogen-bond acceptors (Lipinski definition) is 3. The van der Waals surface area contributed by atoms with Crippen LogP contribution in [0.15, 0.2) is 67.1 Å². The van der Waals surface area contributed by atoms with Crippen LogP contribution in [-0.4, -0.2) is 15.9 Å². The quantitative estimate of drug-likeness (QED) is 0.805. The average molecular weight is 307 g/mol. The Kier molecular flexibility index (Phi) is 4.38. The second-order valence-corrected chi connectivity index (χ2v) is 4.98. The topological polar surface area (TPSA) is 54.9 Å². The summed E-state index contributed by atoms with van der Waals surface area (Å²) in [4.78, 5) is 20.3. The van der Waals surface area contributed by atoms with Crippen LogP contribution in [0.2, 0.25) is 0 Å². The zero-order valence-electron chi connectivity index (χ0n) is 12.2. The third-order valence-electron chi connectivity index (χ3n) is 3.34. The van der Waals surface area contributed by atoms with Gasteiger partial charge in [0.05, 0.1) is 5.69 Å². The van der Waals surface area contributed by atoms with Gasteiger partial charge in [0.2, 0.25) is 0 Å². The van der Waals surface area contributed by atoms with Crippen molar-refractivity contribution < 1.29 is 9.18 Å². The van der Waals surface area contributed by atoms with Crippen LogP contribution < -0.4 is 5.32 Å².